The maximum Gasteiger partial charge on any atom is 0.238 e. The van der Waals surface area contributed by atoms with Crippen LogP contribution in [0.1, 0.15) is 63.4 Å². The van der Waals surface area contributed by atoms with Crippen LogP contribution < -0.4 is 16.0 Å². The molecule has 0 unspecified atom stereocenters. The number of halogens is 3. The van der Waals surface area contributed by atoms with Crippen molar-refractivity contribution in [2.75, 3.05) is 12.0 Å². The van der Waals surface area contributed by atoms with Crippen molar-refractivity contribution in [1.82, 2.24) is 10.6 Å². The van der Waals surface area contributed by atoms with Crippen molar-refractivity contribution >= 4 is 40.7 Å². The number of hydrogen-bond acceptors (Lipinski definition) is 4. The van der Waals surface area contributed by atoms with Crippen LogP contribution >= 0.6 is 23.2 Å². The van der Waals surface area contributed by atoms with Crippen LogP contribution in [0, 0.1) is 11.8 Å². The van der Waals surface area contributed by atoms with E-state index in [0.717, 1.165) is 24.8 Å². The number of alkyl halides is 1. The largest absolute Gasteiger partial charge is 0.393 e. The van der Waals surface area contributed by atoms with Crippen LogP contribution in [-0.2, 0) is 15.0 Å². The van der Waals surface area contributed by atoms with E-state index >= 15 is 0 Å². The number of carbonyl (C=O) groups excluding carboxylic acids is 2. The Kier molecular flexibility index (Phi) is 9.05. The third-order valence-electron chi connectivity index (χ3n) is 9.29. The molecule has 4 N–H and O–H groups in total. The predicted molar refractivity (Wildman–Crippen MR) is 157 cm³/mol. The molecule has 5 rings (SSSR count). The van der Waals surface area contributed by atoms with E-state index in [1.165, 1.54) is 18.9 Å². The maximum absolute atomic E-state index is 14.2. The van der Waals surface area contributed by atoms with Crippen molar-refractivity contribution in [3.8, 4) is 0 Å². The molecule has 0 aromatic heterocycles. The third-order valence-corrected chi connectivity index (χ3v) is 9.75. The minimum absolute atomic E-state index is 0.0400. The highest BCUT2D eigenvalue weighted by atomic mass is 35.5. The Balaban J connectivity index is 1.56. The van der Waals surface area contributed by atoms with Gasteiger partial charge in [-0.3, -0.25) is 9.59 Å². The van der Waals surface area contributed by atoms with Gasteiger partial charge in [-0.25, -0.2) is 4.39 Å². The molecule has 9 heteroatoms. The first-order valence-corrected chi connectivity index (χ1v) is 15.1. The van der Waals surface area contributed by atoms with E-state index in [2.05, 4.69) is 22.5 Å². The summed E-state index contributed by atoms with van der Waals surface area (Å²) in [4.78, 5) is 28.2. The summed E-state index contributed by atoms with van der Waals surface area (Å²) in [6.07, 6.45) is 12.5. The number of amides is 2. The lowest BCUT2D eigenvalue weighted by Gasteiger charge is -2.36. The molecular formula is C31H38Cl2FN3O3. The fraction of sp³-hybridized carbons (Fsp3) is 0.548. The van der Waals surface area contributed by atoms with Gasteiger partial charge in [-0.2, -0.15) is 0 Å². The van der Waals surface area contributed by atoms with Crippen molar-refractivity contribution < 1.29 is 19.1 Å². The molecule has 2 saturated carbocycles. The van der Waals surface area contributed by atoms with Gasteiger partial charge in [-0.15, -0.1) is 0 Å². The molecule has 40 heavy (non-hydrogen) atoms. The molecule has 2 amide bonds. The van der Waals surface area contributed by atoms with Crippen molar-refractivity contribution in [2.45, 2.75) is 87.4 Å². The Hall–Kier alpha value is -2.19. The van der Waals surface area contributed by atoms with Crippen molar-refractivity contribution in [3.05, 3.63) is 64.2 Å². The van der Waals surface area contributed by atoms with E-state index in [-0.39, 0.29) is 35.0 Å². The lowest BCUT2D eigenvalue weighted by atomic mass is 9.63. The maximum atomic E-state index is 14.2. The number of benzene rings is 1. The van der Waals surface area contributed by atoms with Gasteiger partial charge < -0.3 is 21.1 Å². The monoisotopic (exact) mass is 589 g/mol. The van der Waals surface area contributed by atoms with Gasteiger partial charge in [0.25, 0.3) is 0 Å². The smallest absolute Gasteiger partial charge is 0.238 e. The number of rotatable bonds is 8. The molecule has 4 aliphatic rings. The first-order chi connectivity index (χ1) is 19.2. The lowest BCUT2D eigenvalue weighted by molar-refractivity contribution is -0.125. The number of nitrogens with one attached hydrogen (secondary N) is 3. The van der Waals surface area contributed by atoms with Gasteiger partial charge in [-0.1, -0.05) is 73.7 Å². The van der Waals surface area contributed by atoms with Gasteiger partial charge in [-0.05, 0) is 67.4 Å². The summed E-state index contributed by atoms with van der Waals surface area (Å²) in [7, 11) is 0. The minimum Gasteiger partial charge on any atom is -0.393 e. The SMILES string of the molecule is C=C(/C=C\C=C(\Cl)CF)[C@H]1[C@H](C(=O)N[C@H]2CC[C@H](O)CC2)N[C@H](CC2CCCC2)[C@]12C(=O)Nc1cc(Cl)ccc12. The van der Waals surface area contributed by atoms with Crippen molar-refractivity contribution in [3.63, 3.8) is 0 Å². The fourth-order valence-corrected chi connectivity index (χ4v) is 7.65. The summed E-state index contributed by atoms with van der Waals surface area (Å²) in [6.45, 7) is 3.56. The predicted octanol–water partition coefficient (Wildman–Crippen LogP) is 5.69. The lowest BCUT2D eigenvalue weighted by Crippen LogP contribution is -2.51. The molecule has 2 aliphatic heterocycles. The number of carbonyl (C=O) groups is 2. The molecule has 216 valence electrons. The number of hydrogen-bond donors (Lipinski definition) is 4. The molecule has 1 aromatic rings. The molecule has 3 fully saturated rings. The average Bonchev–Trinajstić information content (AvgIpc) is 3.63. The van der Waals surface area contributed by atoms with Gasteiger partial charge in [0.2, 0.25) is 11.8 Å². The summed E-state index contributed by atoms with van der Waals surface area (Å²) in [5.74, 6) is -0.504. The topological polar surface area (TPSA) is 90.5 Å². The van der Waals surface area contributed by atoms with Crippen LogP contribution in [0.3, 0.4) is 0 Å². The molecular weight excluding hydrogens is 552 g/mol. The van der Waals surface area contributed by atoms with Gasteiger partial charge >= 0.3 is 0 Å². The van der Waals surface area contributed by atoms with Crippen molar-refractivity contribution in [2.24, 2.45) is 11.8 Å². The summed E-state index contributed by atoms with van der Waals surface area (Å²) in [6, 6.07) is 4.38. The molecule has 2 heterocycles. The standard InChI is InChI=1S/C31H38Cl2FN3O3/c1-18(5-4-8-21(33)17-34)27-28(29(39)35-22-10-12-23(38)13-11-22)37-26(15-19-6-2-3-7-19)31(27)24-14-9-20(32)16-25(24)36-30(31)40/h4-5,8-9,14,16,19,22-23,26-28,37-38H,1-3,6-7,10-13,15,17H2,(H,35,39)(H,36,40)/b5-4-,21-8+/t22-,23-,26-,27+,28-,31+/m1/s1. The zero-order valence-electron chi connectivity index (χ0n) is 22.6. The number of anilines is 1. The Morgan fingerprint density at radius 1 is 1.20 bits per heavy atom. The van der Waals surface area contributed by atoms with Gasteiger partial charge in [0.1, 0.15) is 12.1 Å². The molecule has 1 aromatic carbocycles. The van der Waals surface area contributed by atoms with E-state index in [1.54, 1.807) is 24.3 Å². The first-order valence-electron chi connectivity index (χ1n) is 14.4. The summed E-state index contributed by atoms with van der Waals surface area (Å²) in [5, 5.41) is 20.4. The quantitative estimate of drug-likeness (QED) is 0.293. The minimum atomic E-state index is -1.08. The summed E-state index contributed by atoms with van der Waals surface area (Å²) >= 11 is 12.2. The highest BCUT2D eigenvalue weighted by Gasteiger charge is 2.65. The van der Waals surface area contributed by atoms with E-state index in [9.17, 15) is 19.1 Å². The van der Waals surface area contributed by atoms with Crippen LogP contribution in [0.2, 0.25) is 5.02 Å². The second kappa shape index (κ2) is 12.4. The van der Waals surface area contributed by atoms with Crippen LogP contribution in [0.25, 0.3) is 0 Å². The van der Waals surface area contributed by atoms with Gasteiger partial charge in [0.15, 0.2) is 0 Å². The first kappa shape index (κ1) is 29.3. The van der Waals surface area contributed by atoms with Crippen molar-refractivity contribution in [1.29, 1.82) is 0 Å². The molecule has 6 nitrogen and oxygen atoms in total. The van der Waals surface area contributed by atoms with Crippen LogP contribution in [-0.4, -0.2) is 47.8 Å². The zero-order valence-corrected chi connectivity index (χ0v) is 24.1. The van der Waals surface area contributed by atoms with E-state index < -0.39 is 24.0 Å². The second-order valence-electron chi connectivity index (χ2n) is 11.8. The summed E-state index contributed by atoms with van der Waals surface area (Å²) in [5.41, 5.74) is 0.964. The normalized spacial score (nSPS) is 32.5. The number of aliphatic hydroxyl groups is 1. The number of fused-ring (bicyclic) bond motifs is 2. The zero-order chi connectivity index (χ0) is 28.4. The molecule has 2 aliphatic carbocycles. The molecule has 0 radical (unpaired) electrons. The van der Waals surface area contributed by atoms with Gasteiger partial charge in [0, 0.05) is 33.7 Å². The van der Waals surface area contributed by atoms with E-state index in [1.807, 2.05) is 6.07 Å². The Labute approximate surface area is 245 Å². The van der Waals surface area contributed by atoms with Crippen LogP contribution in [0.15, 0.2) is 53.6 Å². The molecule has 0 bridgehead atoms. The Bertz CT molecular complexity index is 1210. The van der Waals surface area contributed by atoms with E-state index in [4.69, 9.17) is 23.2 Å². The Morgan fingerprint density at radius 2 is 1.93 bits per heavy atom. The second-order valence-corrected chi connectivity index (χ2v) is 12.7. The molecule has 4 atom stereocenters. The fourth-order valence-electron chi connectivity index (χ4n) is 7.41. The highest BCUT2D eigenvalue weighted by molar-refractivity contribution is 6.31. The van der Waals surface area contributed by atoms with Gasteiger partial charge in [0.05, 0.1) is 12.1 Å². The van der Waals surface area contributed by atoms with E-state index in [0.29, 0.717) is 47.9 Å². The Morgan fingerprint density at radius 3 is 2.62 bits per heavy atom. The highest BCUT2D eigenvalue weighted by Crippen LogP contribution is 2.55. The average molecular weight is 591 g/mol. The molecule has 1 saturated heterocycles. The third kappa shape index (κ3) is 5.63. The van der Waals surface area contributed by atoms with Crippen LogP contribution in [0.4, 0.5) is 10.1 Å². The van der Waals surface area contributed by atoms with Crippen LogP contribution in [0.5, 0.6) is 0 Å². The summed E-state index contributed by atoms with van der Waals surface area (Å²) < 4.78 is 13.0. The number of allylic oxidation sites excluding steroid dienone is 4. The molecule has 1 spiro atoms. The number of aliphatic hydroxyl groups excluding tert-OH is 1.